The van der Waals surface area contributed by atoms with Crippen molar-refractivity contribution < 1.29 is 9.47 Å². The molecule has 1 fully saturated rings. The van der Waals surface area contributed by atoms with Gasteiger partial charge in [0, 0.05) is 32.2 Å². The topological polar surface area (TPSA) is 58.1 Å². The number of likely N-dealkylation sites (N-methyl/N-ethyl adjacent to an activating group) is 1. The Morgan fingerprint density at radius 2 is 1.92 bits per heavy atom. The van der Waals surface area contributed by atoms with Crippen LogP contribution >= 0.6 is 24.0 Å². The van der Waals surface area contributed by atoms with Crippen molar-refractivity contribution in [3.05, 3.63) is 23.8 Å². The highest BCUT2D eigenvalue weighted by Crippen LogP contribution is 2.27. The van der Waals surface area contributed by atoms with Gasteiger partial charge in [0.05, 0.1) is 14.2 Å². The first kappa shape index (κ1) is 22.8. The molecule has 1 unspecified atom stereocenters. The van der Waals surface area contributed by atoms with Crippen molar-refractivity contribution in [2.24, 2.45) is 4.99 Å². The predicted octanol–water partition coefficient (Wildman–Crippen LogP) is 2.51. The summed E-state index contributed by atoms with van der Waals surface area (Å²) in [4.78, 5) is 6.75. The molecule has 1 aromatic rings. The Morgan fingerprint density at radius 3 is 2.50 bits per heavy atom. The fraction of sp³-hybridized carbons (Fsp3) is 0.632. The molecule has 148 valence electrons. The van der Waals surface area contributed by atoms with E-state index in [1.54, 1.807) is 21.3 Å². The maximum atomic E-state index is 5.35. The molecule has 1 aliphatic rings. The smallest absolute Gasteiger partial charge is 0.191 e. The fourth-order valence-corrected chi connectivity index (χ4v) is 2.81. The number of methoxy groups -OCH3 is 2. The number of guanidine groups is 1. The summed E-state index contributed by atoms with van der Waals surface area (Å²) >= 11 is 0. The van der Waals surface area contributed by atoms with E-state index < -0.39 is 0 Å². The van der Waals surface area contributed by atoms with Crippen LogP contribution in [-0.4, -0.2) is 64.3 Å². The summed E-state index contributed by atoms with van der Waals surface area (Å²) in [6, 6.07) is 7.29. The molecule has 1 saturated carbocycles. The van der Waals surface area contributed by atoms with Crippen LogP contribution in [0.5, 0.6) is 11.5 Å². The SMILES string of the molecule is CN=C(NCCc1ccc(OC)c(OC)c1)NCC(C)N(C)C1CC1.I. The number of benzene rings is 1. The van der Waals surface area contributed by atoms with E-state index in [9.17, 15) is 0 Å². The molecule has 26 heavy (non-hydrogen) atoms. The van der Waals surface area contributed by atoms with Gasteiger partial charge in [-0.3, -0.25) is 9.89 Å². The summed E-state index contributed by atoms with van der Waals surface area (Å²) in [5.41, 5.74) is 1.20. The van der Waals surface area contributed by atoms with Crippen LogP contribution in [0.25, 0.3) is 0 Å². The van der Waals surface area contributed by atoms with Crippen LogP contribution in [0.3, 0.4) is 0 Å². The lowest BCUT2D eigenvalue weighted by Crippen LogP contribution is -2.45. The van der Waals surface area contributed by atoms with Crippen molar-refractivity contribution in [1.82, 2.24) is 15.5 Å². The summed E-state index contributed by atoms with van der Waals surface area (Å²) in [5, 5.41) is 6.78. The van der Waals surface area contributed by atoms with E-state index in [-0.39, 0.29) is 24.0 Å². The first-order valence-corrected chi connectivity index (χ1v) is 8.96. The van der Waals surface area contributed by atoms with Gasteiger partial charge in [0.1, 0.15) is 0 Å². The molecule has 1 aromatic carbocycles. The lowest BCUT2D eigenvalue weighted by molar-refractivity contribution is 0.247. The number of rotatable bonds is 9. The van der Waals surface area contributed by atoms with Crippen molar-refractivity contribution in [3.8, 4) is 11.5 Å². The quantitative estimate of drug-likeness (QED) is 0.326. The average Bonchev–Trinajstić information content (AvgIpc) is 3.48. The largest absolute Gasteiger partial charge is 0.493 e. The number of nitrogens with one attached hydrogen (secondary N) is 2. The summed E-state index contributed by atoms with van der Waals surface area (Å²) < 4.78 is 10.6. The molecule has 6 nitrogen and oxygen atoms in total. The average molecular weight is 476 g/mol. The van der Waals surface area contributed by atoms with Gasteiger partial charge in [0.15, 0.2) is 17.5 Å². The highest BCUT2D eigenvalue weighted by Gasteiger charge is 2.28. The van der Waals surface area contributed by atoms with Crippen LogP contribution in [0, 0.1) is 0 Å². The first-order valence-electron chi connectivity index (χ1n) is 8.96. The van der Waals surface area contributed by atoms with Crippen LogP contribution in [0.15, 0.2) is 23.2 Å². The van der Waals surface area contributed by atoms with Crippen LogP contribution in [0.2, 0.25) is 0 Å². The van der Waals surface area contributed by atoms with E-state index in [1.165, 1.54) is 18.4 Å². The van der Waals surface area contributed by atoms with E-state index in [4.69, 9.17) is 9.47 Å². The lowest BCUT2D eigenvalue weighted by atomic mass is 10.1. The van der Waals surface area contributed by atoms with Crippen molar-refractivity contribution in [3.63, 3.8) is 0 Å². The van der Waals surface area contributed by atoms with E-state index in [1.807, 2.05) is 12.1 Å². The molecule has 0 aromatic heterocycles. The highest BCUT2D eigenvalue weighted by molar-refractivity contribution is 14.0. The van der Waals surface area contributed by atoms with Gasteiger partial charge in [-0.15, -0.1) is 24.0 Å². The van der Waals surface area contributed by atoms with Crippen LogP contribution in [0.1, 0.15) is 25.3 Å². The normalized spacial score (nSPS) is 15.2. The molecule has 0 saturated heterocycles. The van der Waals surface area contributed by atoms with E-state index >= 15 is 0 Å². The Kier molecular flexibility index (Phi) is 10.1. The van der Waals surface area contributed by atoms with Gasteiger partial charge in [-0.05, 0) is 50.9 Å². The van der Waals surface area contributed by atoms with Crippen LogP contribution < -0.4 is 20.1 Å². The van der Waals surface area contributed by atoms with Crippen LogP contribution in [0.4, 0.5) is 0 Å². The highest BCUT2D eigenvalue weighted by atomic mass is 127. The first-order chi connectivity index (χ1) is 12.1. The van der Waals surface area contributed by atoms with Gasteiger partial charge in [-0.25, -0.2) is 0 Å². The Labute approximate surface area is 174 Å². The zero-order valence-corrected chi connectivity index (χ0v) is 18.9. The lowest BCUT2D eigenvalue weighted by Gasteiger charge is -2.25. The van der Waals surface area contributed by atoms with Gasteiger partial charge >= 0.3 is 0 Å². The number of hydrogen-bond acceptors (Lipinski definition) is 4. The van der Waals surface area contributed by atoms with E-state index in [0.29, 0.717) is 6.04 Å². The molecule has 0 heterocycles. The third-order valence-corrected chi connectivity index (χ3v) is 4.76. The minimum atomic E-state index is 0. The van der Waals surface area contributed by atoms with Crippen molar-refractivity contribution in [2.45, 2.75) is 38.3 Å². The van der Waals surface area contributed by atoms with Gasteiger partial charge in [-0.1, -0.05) is 6.07 Å². The number of nitrogens with zero attached hydrogens (tertiary/aromatic N) is 2. The second-order valence-corrected chi connectivity index (χ2v) is 6.56. The zero-order valence-electron chi connectivity index (χ0n) is 16.5. The Bertz CT molecular complexity index is 579. The van der Waals surface area contributed by atoms with Gasteiger partial charge < -0.3 is 20.1 Å². The second kappa shape index (κ2) is 11.5. The molecule has 1 aliphatic carbocycles. The molecular formula is C19H33IN4O2. The number of halogens is 1. The van der Waals surface area contributed by atoms with Crippen LogP contribution in [-0.2, 0) is 6.42 Å². The third kappa shape index (κ3) is 6.83. The number of hydrogen-bond donors (Lipinski definition) is 2. The number of ether oxygens (including phenoxy) is 2. The molecule has 0 radical (unpaired) electrons. The summed E-state index contributed by atoms with van der Waals surface area (Å²) in [6.07, 6.45) is 3.55. The molecule has 2 rings (SSSR count). The minimum absolute atomic E-state index is 0. The molecule has 1 atom stereocenters. The Balaban J connectivity index is 0.00000338. The third-order valence-electron chi connectivity index (χ3n) is 4.76. The van der Waals surface area contributed by atoms with Gasteiger partial charge in [0.2, 0.25) is 0 Å². The summed E-state index contributed by atoms with van der Waals surface area (Å²) in [6.45, 7) is 3.95. The van der Waals surface area contributed by atoms with Crippen molar-refractivity contribution >= 4 is 29.9 Å². The predicted molar refractivity (Wildman–Crippen MR) is 118 cm³/mol. The fourth-order valence-electron chi connectivity index (χ4n) is 2.81. The molecule has 7 heteroatoms. The molecule has 0 bridgehead atoms. The Morgan fingerprint density at radius 1 is 1.23 bits per heavy atom. The number of aliphatic imine (C=N–C) groups is 1. The van der Waals surface area contributed by atoms with Crippen molar-refractivity contribution in [1.29, 1.82) is 0 Å². The molecular weight excluding hydrogens is 443 g/mol. The van der Waals surface area contributed by atoms with Crippen molar-refractivity contribution in [2.75, 3.05) is 41.4 Å². The summed E-state index contributed by atoms with van der Waals surface area (Å²) in [5.74, 6) is 2.36. The maximum absolute atomic E-state index is 5.35. The molecule has 0 amide bonds. The molecule has 0 aliphatic heterocycles. The minimum Gasteiger partial charge on any atom is -0.493 e. The zero-order chi connectivity index (χ0) is 18.2. The standard InChI is InChI=1S/C19H32N4O2.HI/c1-14(23(3)16-7-8-16)13-22-19(20-2)21-11-10-15-6-9-17(24-4)18(12-15)25-5;/h6,9,12,14,16H,7-8,10-11,13H2,1-5H3,(H2,20,21,22);1H. The monoisotopic (exact) mass is 476 g/mol. The second-order valence-electron chi connectivity index (χ2n) is 6.56. The maximum Gasteiger partial charge on any atom is 0.191 e. The van der Waals surface area contributed by atoms with Gasteiger partial charge in [-0.2, -0.15) is 0 Å². The Hall–Kier alpha value is -1.22. The molecule has 0 spiro atoms. The summed E-state index contributed by atoms with van der Waals surface area (Å²) in [7, 11) is 7.32. The van der Waals surface area contributed by atoms with E-state index in [0.717, 1.165) is 43.0 Å². The van der Waals surface area contributed by atoms with Gasteiger partial charge in [0.25, 0.3) is 0 Å². The van der Waals surface area contributed by atoms with E-state index in [2.05, 4.69) is 40.6 Å². The molecule has 2 N–H and O–H groups in total.